The molecule has 2 rings (SSSR count). The Bertz CT molecular complexity index is 511. The summed E-state index contributed by atoms with van der Waals surface area (Å²) in [6.07, 6.45) is 2.46. The summed E-state index contributed by atoms with van der Waals surface area (Å²) >= 11 is 0. The summed E-state index contributed by atoms with van der Waals surface area (Å²) in [5.74, 6) is -0.0135. The molecule has 0 unspecified atom stereocenters. The SMILES string of the molecule is Cc1cc(N)c(NC(=O)C(C)(C)C)cc1N1CCCC1. The van der Waals surface area contributed by atoms with Crippen LogP contribution >= 0.6 is 0 Å². The summed E-state index contributed by atoms with van der Waals surface area (Å²) < 4.78 is 0. The minimum atomic E-state index is -0.425. The number of benzene rings is 1. The molecular weight excluding hydrogens is 250 g/mol. The number of hydrogen-bond donors (Lipinski definition) is 2. The Kier molecular flexibility index (Phi) is 3.93. The largest absolute Gasteiger partial charge is 0.397 e. The van der Waals surface area contributed by atoms with Gasteiger partial charge in [0.15, 0.2) is 0 Å². The van der Waals surface area contributed by atoms with Crippen LogP contribution in [0, 0.1) is 12.3 Å². The first-order valence-corrected chi connectivity index (χ1v) is 7.25. The Morgan fingerprint density at radius 1 is 1.25 bits per heavy atom. The molecule has 0 aromatic heterocycles. The van der Waals surface area contributed by atoms with Crippen molar-refractivity contribution in [1.82, 2.24) is 0 Å². The lowest BCUT2D eigenvalue weighted by Gasteiger charge is -2.24. The molecule has 0 radical (unpaired) electrons. The van der Waals surface area contributed by atoms with E-state index in [1.165, 1.54) is 18.5 Å². The number of carbonyl (C=O) groups excluding carboxylic acids is 1. The number of aryl methyl sites for hydroxylation is 1. The van der Waals surface area contributed by atoms with E-state index in [2.05, 4.69) is 17.1 Å². The fraction of sp³-hybridized carbons (Fsp3) is 0.562. The first-order chi connectivity index (χ1) is 9.29. The third-order valence-corrected chi connectivity index (χ3v) is 3.74. The number of nitrogens with one attached hydrogen (secondary N) is 1. The van der Waals surface area contributed by atoms with Gasteiger partial charge in [-0.15, -0.1) is 0 Å². The number of carbonyl (C=O) groups is 1. The highest BCUT2D eigenvalue weighted by molar-refractivity contribution is 5.98. The molecule has 1 aromatic carbocycles. The quantitative estimate of drug-likeness (QED) is 0.815. The molecule has 4 heteroatoms. The van der Waals surface area contributed by atoms with Crippen molar-refractivity contribution in [2.24, 2.45) is 5.41 Å². The fourth-order valence-corrected chi connectivity index (χ4v) is 2.44. The summed E-state index contributed by atoms with van der Waals surface area (Å²) in [7, 11) is 0. The van der Waals surface area contributed by atoms with Crippen molar-refractivity contribution in [3.05, 3.63) is 17.7 Å². The Morgan fingerprint density at radius 3 is 2.40 bits per heavy atom. The molecule has 1 heterocycles. The molecular formula is C16H25N3O. The summed E-state index contributed by atoms with van der Waals surface area (Å²) in [5, 5.41) is 2.95. The number of amides is 1. The molecule has 1 aliphatic rings. The van der Waals surface area contributed by atoms with Crippen LogP contribution in [-0.2, 0) is 4.79 Å². The van der Waals surface area contributed by atoms with E-state index in [-0.39, 0.29) is 5.91 Å². The third-order valence-electron chi connectivity index (χ3n) is 3.74. The van der Waals surface area contributed by atoms with Gasteiger partial charge < -0.3 is 16.0 Å². The van der Waals surface area contributed by atoms with Crippen LogP contribution in [-0.4, -0.2) is 19.0 Å². The van der Waals surface area contributed by atoms with Gasteiger partial charge in [0, 0.05) is 24.2 Å². The zero-order chi connectivity index (χ0) is 14.9. The molecule has 1 fully saturated rings. The maximum absolute atomic E-state index is 12.1. The Morgan fingerprint density at radius 2 is 1.85 bits per heavy atom. The molecule has 1 aromatic rings. The standard InChI is InChI=1S/C16H25N3O/c1-11-9-12(17)13(18-15(20)16(2,3)4)10-14(11)19-7-5-6-8-19/h9-10H,5-8,17H2,1-4H3,(H,18,20). The average Bonchev–Trinajstić information content (AvgIpc) is 2.84. The van der Waals surface area contributed by atoms with Gasteiger partial charge in [0.1, 0.15) is 0 Å². The third kappa shape index (κ3) is 3.06. The minimum Gasteiger partial charge on any atom is -0.397 e. The fourth-order valence-electron chi connectivity index (χ4n) is 2.44. The van der Waals surface area contributed by atoms with Gasteiger partial charge in [0.05, 0.1) is 11.4 Å². The van der Waals surface area contributed by atoms with Crippen LogP contribution < -0.4 is 16.0 Å². The van der Waals surface area contributed by atoms with E-state index in [1.807, 2.05) is 32.9 Å². The lowest BCUT2D eigenvalue weighted by atomic mass is 9.95. The number of rotatable bonds is 2. The van der Waals surface area contributed by atoms with Crippen LogP contribution in [0.4, 0.5) is 17.1 Å². The lowest BCUT2D eigenvalue weighted by molar-refractivity contribution is -0.123. The minimum absolute atomic E-state index is 0.0135. The second kappa shape index (κ2) is 5.35. The van der Waals surface area contributed by atoms with Gasteiger partial charge in [-0.05, 0) is 37.5 Å². The molecule has 20 heavy (non-hydrogen) atoms. The van der Waals surface area contributed by atoms with Gasteiger partial charge in [0.25, 0.3) is 0 Å². The molecule has 0 spiro atoms. The highest BCUT2D eigenvalue weighted by atomic mass is 16.2. The topological polar surface area (TPSA) is 58.4 Å². The Hall–Kier alpha value is -1.71. The van der Waals surface area contributed by atoms with E-state index in [9.17, 15) is 4.79 Å². The normalized spacial score (nSPS) is 15.5. The molecule has 1 aliphatic heterocycles. The van der Waals surface area contributed by atoms with Crippen LogP contribution in [0.2, 0.25) is 0 Å². The molecule has 0 atom stereocenters. The maximum Gasteiger partial charge on any atom is 0.229 e. The molecule has 0 aliphatic carbocycles. The monoisotopic (exact) mass is 275 g/mol. The van der Waals surface area contributed by atoms with Gasteiger partial charge >= 0.3 is 0 Å². The predicted octanol–water partition coefficient (Wildman–Crippen LogP) is 3.16. The van der Waals surface area contributed by atoms with Gasteiger partial charge in [-0.1, -0.05) is 20.8 Å². The van der Waals surface area contributed by atoms with Crippen molar-refractivity contribution in [2.75, 3.05) is 29.0 Å². The van der Waals surface area contributed by atoms with Crippen LogP contribution in [0.25, 0.3) is 0 Å². The smallest absolute Gasteiger partial charge is 0.229 e. The molecule has 110 valence electrons. The summed E-state index contributed by atoms with van der Waals surface area (Å²) in [4.78, 5) is 14.5. The van der Waals surface area contributed by atoms with Crippen LogP contribution in [0.3, 0.4) is 0 Å². The number of nitrogens with zero attached hydrogens (tertiary/aromatic N) is 1. The molecule has 3 N–H and O–H groups in total. The zero-order valence-corrected chi connectivity index (χ0v) is 12.9. The lowest BCUT2D eigenvalue weighted by Crippen LogP contribution is -2.28. The van der Waals surface area contributed by atoms with Crippen molar-refractivity contribution in [3.63, 3.8) is 0 Å². The van der Waals surface area contributed by atoms with Crippen molar-refractivity contribution < 1.29 is 4.79 Å². The number of nitrogens with two attached hydrogens (primary N) is 1. The van der Waals surface area contributed by atoms with E-state index in [0.717, 1.165) is 24.3 Å². The summed E-state index contributed by atoms with van der Waals surface area (Å²) in [5.41, 5.74) is 9.32. The second-order valence-corrected chi connectivity index (χ2v) is 6.62. The highest BCUT2D eigenvalue weighted by Gasteiger charge is 2.23. The van der Waals surface area contributed by atoms with Crippen molar-refractivity contribution in [3.8, 4) is 0 Å². The van der Waals surface area contributed by atoms with Gasteiger partial charge in [0.2, 0.25) is 5.91 Å². The molecule has 1 amide bonds. The van der Waals surface area contributed by atoms with Crippen molar-refractivity contribution in [2.45, 2.75) is 40.5 Å². The van der Waals surface area contributed by atoms with Crippen LogP contribution in [0.1, 0.15) is 39.2 Å². The number of anilines is 3. The first-order valence-electron chi connectivity index (χ1n) is 7.25. The average molecular weight is 275 g/mol. The second-order valence-electron chi connectivity index (χ2n) is 6.62. The Labute approximate surface area is 121 Å². The van der Waals surface area contributed by atoms with Gasteiger partial charge in [-0.3, -0.25) is 4.79 Å². The number of nitrogen functional groups attached to an aromatic ring is 1. The highest BCUT2D eigenvalue weighted by Crippen LogP contribution is 2.32. The molecule has 1 saturated heterocycles. The van der Waals surface area contributed by atoms with Gasteiger partial charge in [-0.2, -0.15) is 0 Å². The van der Waals surface area contributed by atoms with Crippen LogP contribution in [0.5, 0.6) is 0 Å². The Balaban J connectivity index is 2.29. The molecule has 4 nitrogen and oxygen atoms in total. The maximum atomic E-state index is 12.1. The van der Waals surface area contributed by atoms with Crippen molar-refractivity contribution in [1.29, 1.82) is 0 Å². The van der Waals surface area contributed by atoms with E-state index >= 15 is 0 Å². The predicted molar refractivity (Wildman–Crippen MR) is 85.1 cm³/mol. The summed E-state index contributed by atoms with van der Waals surface area (Å²) in [6.45, 7) is 9.92. The van der Waals surface area contributed by atoms with E-state index in [1.54, 1.807) is 0 Å². The molecule has 0 saturated carbocycles. The van der Waals surface area contributed by atoms with E-state index in [4.69, 9.17) is 5.73 Å². The van der Waals surface area contributed by atoms with Crippen LogP contribution in [0.15, 0.2) is 12.1 Å². The zero-order valence-electron chi connectivity index (χ0n) is 12.9. The summed E-state index contributed by atoms with van der Waals surface area (Å²) in [6, 6.07) is 3.96. The first kappa shape index (κ1) is 14.7. The van der Waals surface area contributed by atoms with Gasteiger partial charge in [-0.25, -0.2) is 0 Å². The van der Waals surface area contributed by atoms with Crippen molar-refractivity contribution >= 4 is 23.0 Å². The van der Waals surface area contributed by atoms with E-state index < -0.39 is 5.41 Å². The number of hydrogen-bond acceptors (Lipinski definition) is 3. The van der Waals surface area contributed by atoms with E-state index in [0.29, 0.717) is 5.69 Å². The molecule has 0 bridgehead atoms.